The molecule has 1 aromatic carbocycles. The number of hydrogen-bond donors (Lipinski definition) is 1. The summed E-state index contributed by atoms with van der Waals surface area (Å²) in [5.41, 5.74) is 6.78. The Hall–Kier alpha value is -1.18. The van der Waals surface area contributed by atoms with Crippen molar-refractivity contribution < 1.29 is 8.42 Å². The molecule has 2 N–H and O–H groups in total. The van der Waals surface area contributed by atoms with Crippen molar-refractivity contribution in [1.82, 2.24) is 4.31 Å². The highest BCUT2D eigenvalue weighted by Crippen LogP contribution is 2.26. The van der Waals surface area contributed by atoms with Gasteiger partial charge < -0.3 is 5.73 Å². The first kappa shape index (κ1) is 16.2. The predicted molar refractivity (Wildman–Crippen MR) is 89.6 cm³/mol. The summed E-state index contributed by atoms with van der Waals surface area (Å²) in [6.45, 7) is 3.19. The SMILES string of the molecule is CC1CCCN(S(=O)(=O)N(C)c2ccccc2C(N)=S)C1. The Kier molecular flexibility index (Phi) is 4.85. The standard InChI is InChI=1S/C14H21N3O2S2/c1-11-6-5-9-17(10-11)21(18,19)16(2)13-8-4-3-7-12(13)14(15)20/h3-4,7-8,11H,5-6,9-10H2,1-2H3,(H2,15,20). The van der Waals surface area contributed by atoms with Gasteiger partial charge in [0.1, 0.15) is 4.99 Å². The molecule has 1 aliphatic rings. The second-order valence-corrected chi connectivity index (χ2v) is 7.86. The normalized spacial score (nSPS) is 20.2. The van der Waals surface area contributed by atoms with Crippen molar-refractivity contribution in [3.63, 3.8) is 0 Å². The Morgan fingerprint density at radius 3 is 2.71 bits per heavy atom. The average Bonchev–Trinajstić information content (AvgIpc) is 2.46. The number of hydrogen-bond acceptors (Lipinski definition) is 3. The van der Waals surface area contributed by atoms with Crippen LogP contribution in [0.2, 0.25) is 0 Å². The summed E-state index contributed by atoms with van der Waals surface area (Å²) in [5, 5.41) is 0. The van der Waals surface area contributed by atoms with Gasteiger partial charge in [-0.2, -0.15) is 12.7 Å². The van der Waals surface area contributed by atoms with E-state index in [2.05, 4.69) is 6.92 Å². The zero-order valence-corrected chi connectivity index (χ0v) is 14.0. The molecule has 116 valence electrons. The average molecular weight is 327 g/mol. The molecule has 1 unspecified atom stereocenters. The number of anilines is 1. The molecular formula is C14H21N3O2S2. The van der Waals surface area contributed by atoms with Crippen molar-refractivity contribution in [1.29, 1.82) is 0 Å². The molecule has 0 amide bonds. The third-order valence-corrected chi connectivity index (χ3v) is 5.89. The molecule has 1 fully saturated rings. The largest absolute Gasteiger partial charge is 0.389 e. The molecule has 1 atom stereocenters. The lowest BCUT2D eigenvalue weighted by molar-refractivity contribution is 0.281. The van der Waals surface area contributed by atoms with Gasteiger partial charge >= 0.3 is 10.2 Å². The minimum Gasteiger partial charge on any atom is -0.389 e. The van der Waals surface area contributed by atoms with E-state index in [0.717, 1.165) is 12.8 Å². The zero-order chi connectivity index (χ0) is 15.6. The molecule has 0 saturated carbocycles. The number of nitrogens with two attached hydrogens (primary N) is 1. The molecule has 7 heteroatoms. The van der Waals surface area contributed by atoms with Crippen molar-refractivity contribution in [2.75, 3.05) is 24.4 Å². The number of thiocarbonyl (C=S) groups is 1. The van der Waals surface area contributed by atoms with Crippen molar-refractivity contribution >= 4 is 33.1 Å². The Bertz CT molecular complexity index is 631. The molecule has 5 nitrogen and oxygen atoms in total. The van der Waals surface area contributed by atoms with Gasteiger partial charge in [-0.3, -0.25) is 4.31 Å². The van der Waals surface area contributed by atoms with Crippen LogP contribution >= 0.6 is 12.2 Å². The molecule has 1 saturated heterocycles. The van der Waals surface area contributed by atoms with Crippen LogP contribution in [0.5, 0.6) is 0 Å². The molecule has 2 rings (SSSR count). The lowest BCUT2D eigenvalue weighted by Crippen LogP contribution is -2.46. The van der Waals surface area contributed by atoms with Crippen LogP contribution in [0.3, 0.4) is 0 Å². The van der Waals surface area contributed by atoms with Crippen LogP contribution in [0.4, 0.5) is 5.69 Å². The second-order valence-electron chi connectivity index (χ2n) is 5.46. The van der Waals surface area contributed by atoms with E-state index in [1.807, 2.05) is 0 Å². The van der Waals surface area contributed by atoms with Crippen molar-refractivity contribution in [3.8, 4) is 0 Å². The van der Waals surface area contributed by atoms with E-state index in [1.165, 1.54) is 8.61 Å². The fourth-order valence-corrected chi connectivity index (χ4v) is 4.34. The molecule has 1 heterocycles. The summed E-state index contributed by atoms with van der Waals surface area (Å²) in [5.74, 6) is 0.382. The number of rotatable bonds is 4. The molecular weight excluding hydrogens is 306 g/mol. The minimum absolute atomic E-state index is 0.194. The van der Waals surface area contributed by atoms with Gasteiger partial charge in [-0.1, -0.05) is 31.3 Å². The van der Waals surface area contributed by atoms with Crippen LogP contribution in [0.25, 0.3) is 0 Å². The van der Waals surface area contributed by atoms with Crippen molar-refractivity contribution in [3.05, 3.63) is 29.8 Å². The maximum Gasteiger partial charge on any atom is 0.303 e. The highest BCUT2D eigenvalue weighted by Gasteiger charge is 2.31. The summed E-state index contributed by atoms with van der Waals surface area (Å²) >= 11 is 5.01. The minimum atomic E-state index is -3.55. The van der Waals surface area contributed by atoms with Crippen LogP contribution in [0.15, 0.2) is 24.3 Å². The highest BCUT2D eigenvalue weighted by molar-refractivity contribution is 7.90. The molecule has 1 aromatic rings. The van der Waals surface area contributed by atoms with Crippen LogP contribution < -0.4 is 10.0 Å². The van der Waals surface area contributed by atoms with E-state index in [-0.39, 0.29) is 4.99 Å². The lowest BCUT2D eigenvalue weighted by Gasteiger charge is -2.34. The highest BCUT2D eigenvalue weighted by atomic mass is 32.2. The van der Waals surface area contributed by atoms with Crippen LogP contribution in [0, 0.1) is 5.92 Å². The first-order valence-electron chi connectivity index (χ1n) is 6.97. The summed E-state index contributed by atoms with van der Waals surface area (Å²) in [6, 6.07) is 7.03. The van der Waals surface area contributed by atoms with E-state index in [4.69, 9.17) is 18.0 Å². The first-order valence-corrected chi connectivity index (χ1v) is 8.77. The Morgan fingerprint density at radius 1 is 1.43 bits per heavy atom. The zero-order valence-electron chi connectivity index (χ0n) is 12.3. The maximum atomic E-state index is 12.8. The van der Waals surface area contributed by atoms with Gasteiger partial charge in [0.15, 0.2) is 0 Å². The predicted octanol–water partition coefficient (Wildman–Crippen LogP) is 1.73. The third-order valence-electron chi connectivity index (χ3n) is 3.80. The Morgan fingerprint density at radius 2 is 2.10 bits per heavy atom. The van der Waals surface area contributed by atoms with Crippen LogP contribution in [0.1, 0.15) is 25.3 Å². The van der Waals surface area contributed by atoms with E-state index >= 15 is 0 Å². The molecule has 0 radical (unpaired) electrons. The number of nitrogens with zero attached hydrogens (tertiary/aromatic N) is 2. The van der Waals surface area contributed by atoms with Gasteiger partial charge in [-0.25, -0.2) is 0 Å². The van der Waals surface area contributed by atoms with Gasteiger partial charge in [0.2, 0.25) is 0 Å². The van der Waals surface area contributed by atoms with E-state index in [1.54, 1.807) is 31.3 Å². The second kappa shape index (κ2) is 6.29. The van der Waals surface area contributed by atoms with E-state index in [9.17, 15) is 8.42 Å². The summed E-state index contributed by atoms with van der Waals surface area (Å²) in [4.78, 5) is 0.194. The molecule has 0 bridgehead atoms. The van der Waals surface area contributed by atoms with Gasteiger partial charge in [-0.15, -0.1) is 0 Å². The van der Waals surface area contributed by atoms with E-state index in [0.29, 0.717) is 30.3 Å². The van der Waals surface area contributed by atoms with Gasteiger partial charge in [0.25, 0.3) is 0 Å². The summed E-state index contributed by atoms with van der Waals surface area (Å²) in [6.07, 6.45) is 1.96. The first-order chi connectivity index (χ1) is 9.84. The number of benzene rings is 1. The summed E-state index contributed by atoms with van der Waals surface area (Å²) < 4.78 is 28.4. The lowest BCUT2D eigenvalue weighted by atomic mass is 10.0. The quantitative estimate of drug-likeness (QED) is 0.855. The van der Waals surface area contributed by atoms with Crippen LogP contribution in [-0.4, -0.2) is 37.8 Å². The fourth-order valence-electron chi connectivity index (χ4n) is 2.61. The van der Waals surface area contributed by atoms with Crippen molar-refractivity contribution in [2.45, 2.75) is 19.8 Å². The Balaban J connectivity index is 2.34. The molecule has 0 aromatic heterocycles. The maximum absolute atomic E-state index is 12.8. The topological polar surface area (TPSA) is 66.6 Å². The molecule has 0 spiro atoms. The third kappa shape index (κ3) is 3.36. The number of para-hydroxylation sites is 1. The molecule has 0 aliphatic carbocycles. The smallest absolute Gasteiger partial charge is 0.303 e. The monoisotopic (exact) mass is 327 g/mol. The van der Waals surface area contributed by atoms with Gasteiger partial charge in [0, 0.05) is 25.7 Å². The van der Waals surface area contributed by atoms with Crippen molar-refractivity contribution in [2.24, 2.45) is 11.7 Å². The molecule has 1 aliphatic heterocycles. The van der Waals surface area contributed by atoms with Crippen LogP contribution in [-0.2, 0) is 10.2 Å². The summed E-state index contributed by atoms with van der Waals surface area (Å²) in [7, 11) is -2.01. The molecule has 21 heavy (non-hydrogen) atoms. The van der Waals surface area contributed by atoms with Gasteiger partial charge in [0.05, 0.1) is 5.69 Å². The Labute approximate surface area is 131 Å². The number of piperidine rings is 1. The van der Waals surface area contributed by atoms with E-state index < -0.39 is 10.2 Å². The fraction of sp³-hybridized carbons (Fsp3) is 0.500. The van der Waals surface area contributed by atoms with Gasteiger partial charge in [-0.05, 0) is 30.9 Å².